The average molecular weight is 330 g/mol. The maximum Gasteiger partial charge on any atom is 0.159 e. The topological polar surface area (TPSA) is 43.6 Å². The van der Waals surface area contributed by atoms with Gasteiger partial charge in [-0.15, -0.1) is 0 Å². The van der Waals surface area contributed by atoms with Gasteiger partial charge in [0.1, 0.15) is 5.82 Å². The number of hydrogen-bond donors (Lipinski definition) is 0. The molecule has 0 radical (unpaired) electrons. The van der Waals surface area contributed by atoms with Crippen molar-refractivity contribution in [2.45, 2.75) is 6.92 Å². The van der Waals surface area contributed by atoms with E-state index in [1.54, 1.807) is 23.0 Å². The zero-order chi connectivity index (χ0) is 17.2. The van der Waals surface area contributed by atoms with Crippen molar-refractivity contribution < 1.29 is 4.39 Å². The molecule has 0 aliphatic rings. The molecular formula is C20H15FN4. The molecule has 2 heterocycles. The summed E-state index contributed by atoms with van der Waals surface area (Å²) in [7, 11) is 0. The number of aryl methyl sites for hydroxylation is 1. The Bertz CT molecular complexity index is 1010. The lowest BCUT2D eigenvalue weighted by Gasteiger charge is -2.03. The van der Waals surface area contributed by atoms with Crippen LogP contribution in [-0.4, -0.2) is 19.7 Å². The first-order valence-corrected chi connectivity index (χ1v) is 7.92. The van der Waals surface area contributed by atoms with Crippen molar-refractivity contribution >= 4 is 0 Å². The minimum Gasteiger partial charge on any atom is -0.240 e. The molecule has 0 amide bonds. The van der Waals surface area contributed by atoms with Crippen molar-refractivity contribution in [1.29, 1.82) is 0 Å². The van der Waals surface area contributed by atoms with Crippen LogP contribution in [0.3, 0.4) is 0 Å². The van der Waals surface area contributed by atoms with Gasteiger partial charge in [0.25, 0.3) is 0 Å². The summed E-state index contributed by atoms with van der Waals surface area (Å²) in [6.07, 6.45) is 3.65. The highest BCUT2D eigenvalue weighted by Crippen LogP contribution is 2.24. The van der Waals surface area contributed by atoms with Crippen LogP contribution in [-0.2, 0) is 0 Å². The van der Waals surface area contributed by atoms with E-state index in [9.17, 15) is 4.39 Å². The third-order valence-corrected chi connectivity index (χ3v) is 3.95. The summed E-state index contributed by atoms with van der Waals surface area (Å²) in [6, 6.07) is 17.9. The Hall–Kier alpha value is -3.34. The Kier molecular flexibility index (Phi) is 3.82. The van der Waals surface area contributed by atoms with Gasteiger partial charge < -0.3 is 0 Å². The van der Waals surface area contributed by atoms with Gasteiger partial charge in [-0.2, -0.15) is 5.10 Å². The summed E-state index contributed by atoms with van der Waals surface area (Å²) in [4.78, 5) is 9.03. The molecule has 2 aromatic heterocycles. The molecule has 25 heavy (non-hydrogen) atoms. The highest BCUT2D eigenvalue weighted by Gasteiger charge is 2.11. The van der Waals surface area contributed by atoms with E-state index in [1.165, 1.54) is 12.1 Å². The van der Waals surface area contributed by atoms with Crippen molar-refractivity contribution in [1.82, 2.24) is 19.7 Å². The molecule has 2 aromatic carbocycles. The number of hydrogen-bond acceptors (Lipinski definition) is 3. The number of benzene rings is 2. The molecule has 4 aromatic rings. The van der Waals surface area contributed by atoms with Gasteiger partial charge in [-0.25, -0.2) is 19.0 Å². The van der Waals surface area contributed by atoms with E-state index in [2.05, 4.69) is 15.1 Å². The van der Waals surface area contributed by atoms with Crippen LogP contribution in [0.2, 0.25) is 0 Å². The van der Waals surface area contributed by atoms with Crippen LogP contribution in [0, 0.1) is 12.7 Å². The Morgan fingerprint density at radius 2 is 1.68 bits per heavy atom. The zero-order valence-electron chi connectivity index (χ0n) is 13.6. The van der Waals surface area contributed by atoms with Crippen LogP contribution in [0.15, 0.2) is 73.1 Å². The second-order valence-electron chi connectivity index (χ2n) is 5.68. The molecule has 0 fully saturated rings. The van der Waals surface area contributed by atoms with Gasteiger partial charge in [0, 0.05) is 23.5 Å². The minimum atomic E-state index is -0.267. The second-order valence-corrected chi connectivity index (χ2v) is 5.68. The van der Waals surface area contributed by atoms with Crippen LogP contribution in [0.1, 0.15) is 5.69 Å². The molecule has 0 bridgehead atoms. The minimum absolute atomic E-state index is 0.267. The molecule has 122 valence electrons. The lowest BCUT2D eigenvalue weighted by Crippen LogP contribution is -1.94. The van der Waals surface area contributed by atoms with Gasteiger partial charge in [-0.05, 0) is 37.3 Å². The fourth-order valence-corrected chi connectivity index (χ4v) is 2.67. The van der Waals surface area contributed by atoms with Crippen molar-refractivity contribution in [2.75, 3.05) is 0 Å². The predicted octanol–water partition coefficient (Wildman–Crippen LogP) is 4.44. The number of nitrogens with zero attached hydrogens (tertiary/aromatic N) is 4. The van der Waals surface area contributed by atoms with E-state index in [-0.39, 0.29) is 5.82 Å². The first-order chi connectivity index (χ1) is 12.2. The monoisotopic (exact) mass is 330 g/mol. The van der Waals surface area contributed by atoms with E-state index >= 15 is 0 Å². The maximum atomic E-state index is 13.1. The van der Waals surface area contributed by atoms with Crippen molar-refractivity contribution in [3.05, 3.63) is 84.6 Å². The van der Waals surface area contributed by atoms with Gasteiger partial charge in [-0.3, -0.25) is 0 Å². The van der Waals surface area contributed by atoms with Gasteiger partial charge in [-0.1, -0.05) is 30.3 Å². The largest absolute Gasteiger partial charge is 0.240 e. The lowest BCUT2D eigenvalue weighted by molar-refractivity contribution is 0.627. The zero-order valence-corrected chi connectivity index (χ0v) is 13.6. The molecule has 0 saturated carbocycles. The number of rotatable bonds is 3. The van der Waals surface area contributed by atoms with Crippen LogP contribution in [0.4, 0.5) is 4.39 Å². The first-order valence-electron chi connectivity index (χ1n) is 7.92. The molecule has 0 aliphatic heterocycles. The maximum absolute atomic E-state index is 13.1. The molecule has 0 saturated heterocycles. The summed E-state index contributed by atoms with van der Waals surface area (Å²) >= 11 is 0. The van der Waals surface area contributed by atoms with Crippen LogP contribution >= 0.6 is 0 Å². The fraction of sp³-hybridized carbons (Fsp3) is 0.0500. The SMILES string of the molecule is Cc1nn(-c2ccc(F)cc2)cc1-c1ccnc(-c2ccccc2)n1. The molecule has 5 heteroatoms. The van der Waals surface area contributed by atoms with E-state index in [0.717, 1.165) is 28.2 Å². The summed E-state index contributed by atoms with van der Waals surface area (Å²) in [5.74, 6) is 0.406. The Balaban J connectivity index is 1.74. The van der Waals surface area contributed by atoms with Gasteiger partial charge in [0.15, 0.2) is 5.82 Å². The lowest BCUT2D eigenvalue weighted by atomic mass is 10.1. The third-order valence-electron chi connectivity index (χ3n) is 3.95. The molecular weight excluding hydrogens is 315 g/mol. The summed E-state index contributed by atoms with van der Waals surface area (Å²) in [5, 5.41) is 4.52. The van der Waals surface area contributed by atoms with E-state index in [4.69, 9.17) is 0 Å². The second kappa shape index (κ2) is 6.28. The summed E-state index contributed by atoms with van der Waals surface area (Å²) in [6.45, 7) is 1.93. The molecule has 0 N–H and O–H groups in total. The van der Waals surface area contributed by atoms with E-state index < -0.39 is 0 Å². The van der Waals surface area contributed by atoms with Gasteiger partial charge >= 0.3 is 0 Å². The quantitative estimate of drug-likeness (QED) is 0.557. The Morgan fingerprint density at radius 3 is 2.44 bits per heavy atom. The van der Waals surface area contributed by atoms with Gasteiger partial charge in [0.2, 0.25) is 0 Å². The van der Waals surface area contributed by atoms with Crippen LogP contribution < -0.4 is 0 Å². The Morgan fingerprint density at radius 1 is 0.920 bits per heavy atom. The van der Waals surface area contributed by atoms with E-state index in [1.807, 2.05) is 49.5 Å². The first kappa shape index (κ1) is 15.2. The number of halogens is 1. The molecule has 0 aliphatic carbocycles. The number of aromatic nitrogens is 4. The third kappa shape index (κ3) is 3.04. The highest BCUT2D eigenvalue weighted by atomic mass is 19.1. The average Bonchev–Trinajstić information content (AvgIpc) is 3.05. The fourth-order valence-electron chi connectivity index (χ4n) is 2.67. The molecule has 0 unspecified atom stereocenters. The van der Waals surface area contributed by atoms with Gasteiger partial charge in [0.05, 0.1) is 17.1 Å². The van der Waals surface area contributed by atoms with Crippen molar-refractivity contribution in [2.24, 2.45) is 0 Å². The smallest absolute Gasteiger partial charge is 0.159 e. The van der Waals surface area contributed by atoms with Crippen LogP contribution in [0.25, 0.3) is 28.3 Å². The summed E-state index contributed by atoms with van der Waals surface area (Å²) < 4.78 is 14.8. The van der Waals surface area contributed by atoms with Crippen LogP contribution in [0.5, 0.6) is 0 Å². The van der Waals surface area contributed by atoms with Crippen molar-refractivity contribution in [3.63, 3.8) is 0 Å². The summed E-state index contributed by atoms with van der Waals surface area (Å²) in [5.41, 5.74) is 4.34. The Labute approximate surface area is 144 Å². The van der Waals surface area contributed by atoms with E-state index in [0.29, 0.717) is 5.82 Å². The molecule has 0 spiro atoms. The standard InChI is InChI=1S/C20H15FN4/c1-14-18(13-25(24-14)17-9-7-16(21)8-10-17)19-11-12-22-20(23-19)15-5-3-2-4-6-15/h2-13H,1H3. The molecule has 4 rings (SSSR count). The molecule has 0 atom stereocenters. The van der Waals surface area contributed by atoms with Crippen molar-refractivity contribution in [3.8, 4) is 28.3 Å². The highest BCUT2D eigenvalue weighted by molar-refractivity contribution is 5.65. The molecule has 4 nitrogen and oxygen atoms in total. The normalized spacial score (nSPS) is 10.8. The predicted molar refractivity (Wildman–Crippen MR) is 94.7 cm³/mol.